The Morgan fingerprint density at radius 2 is 1.87 bits per heavy atom. The first kappa shape index (κ1) is 21.3. The van der Waals surface area contributed by atoms with E-state index in [2.05, 4.69) is 59.8 Å². The minimum atomic E-state index is 0.131. The van der Waals surface area contributed by atoms with Crippen LogP contribution in [0.25, 0.3) is 22.5 Å². The molecule has 3 heterocycles. The van der Waals surface area contributed by atoms with E-state index in [9.17, 15) is 5.11 Å². The number of phenolic OH excluding ortho intramolecular Hbond substituents is 1. The number of rotatable bonds is 4. The Balaban J connectivity index is 1.54. The van der Waals surface area contributed by atoms with Crippen molar-refractivity contribution in [2.75, 3.05) is 25.5 Å². The van der Waals surface area contributed by atoms with Gasteiger partial charge in [0.25, 0.3) is 0 Å². The van der Waals surface area contributed by atoms with Gasteiger partial charge in [-0.3, -0.25) is 0 Å². The lowest BCUT2D eigenvalue weighted by molar-refractivity contribution is 0.0391. The lowest BCUT2D eigenvalue weighted by atomic mass is 9.77. The van der Waals surface area contributed by atoms with E-state index < -0.39 is 0 Å². The Labute approximate surface area is 184 Å². The Morgan fingerprint density at radius 3 is 2.48 bits per heavy atom. The van der Waals surface area contributed by atoms with E-state index in [0.29, 0.717) is 23.2 Å². The Hall–Kier alpha value is -2.93. The number of benzene rings is 1. The van der Waals surface area contributed by atoms with Gasteiger partial charge in [-0.1, -0.05) is 13.0 Å². The number of imidazole rings is 1. The van der Waals surface area contributed by atoms with Crippen molar-refractivity contribution in [1.82, 2.24) is 24.6 Å². The van der Waals surface area contributed by atoms with E-state index >= 15 is 0 Å². The van der Waals surface area contributed by atoms with Gasteiger partial charge in [-0.25, -0.2) is 4.98 Å². The fourth-order valence-electron chi connectivity index (χ4n) is 4.51. The first-order valence-corrected chi connectivity index (χ1v) is 10.8. The summed E-state index contributed by atoms with van der Waals surface area (Å²) in [5.41, 5.74) is 3.13. The Kier molecular flexibility index (Phi) is 5.47. The molecule has 2 aromatic heterocycles. The van der Waals surface area contributed by atoms with Crippen LogP contribution in [0.5, 0.6) is 5.75 Å². The molecule has 1 aliphatic heterocycles. The summed E-state index contributed by atoms with van der Waals surface area (Å²) in [6.07, 6.45) is 4.76. The molecule has 0 bridgehead atoms. The maximum Gasteiger partial charge on any atom is 0.151 e. The molecule has 3 aromatic rings. The summed E-state index contributed by atoms with van der Waals surface area (Å²) in [5, 5.41) is 19.5. The highest BCUT2D eigenvalue weighted by molar-refractivity contribution is 5.73. The summed E-state index contributed by atoms with van der Waals surface area (Å²) in [4.78, 5) is 9.03. The number of phenols is 1. The molecule has 0 spiro atoms. The zero-order valence-corrected chi connectivity index (χ0v) is 19.2. The molecule has 0 amide bonds. The van der Waals surface area contributed by atoms with Crippen molar-refractivity contribution < 1.29 is 5.11 Å². The highest BCUT2D eigenvalue weighted by Gasteiger charge is 2.41. The number of nitrogens with zero attached hydrogens (tertiary/aromatic N) is 6. The second kappa shape index (κ2) is 7.96. The van der Waals surface area contributed by atoms with Crippen molar-refractivity contribution in [3.05, 3.63) is 42.9 Å². The molecule has 2 unspecified atom stereocenters. The molecule has 1 fully saturated rings. The third kappa shape index (κ3) is 3.90. The number of anilines is 1. The largest absolute Gasteiger partial charge is 0.507 e. The number of aromatic hydroxyl groups is 1. The third-order valence-electron chi connectivity index (χ3n) is 7.22. The van der Waals surface area contributed by atoms with Crippen LogP contribution in [0, 0.1) is 5.92 Å². The predicted molar refractivity (Wildman–Crippen MR) is 124 cm³/mol. The molecule has 7 nitrogen and oxygen atoms in total. The monoisotopic (exact) mass is 420 g/mol. The van der Waals surface area contributed by atoms with Gasteiger partial charge in [0.1, 0.15) is 5.75 Å². The first-order valence-electron chi connectivity index (χ1n) is 10.8. The molecule has 1 aromatic carbocycles. The van der Waals surface area contributed by atoms with E-state index in [1.807, 2.05) is 42.1 Å². The van der Waals surface area contributed by atoms with E-state index in [0.717, 1.165) is 30.0 Å². The van der Waals surface area contributed by atoms with E-state index in [1.54, 1.807) is 12.4 Å². The number of piperidine rings is 1. The van der Waals surface area contributed by atoms with Crippen molar-refractivity contribution >= 4 is 5.82 Å². The Morgan fingerprint density at radius 1 is 1.10 bits per heavy atom. The standard InChI is InChI=1S/C24H32N6O/c1-16-21(11-12-29(5)24(16,2)3)30(6)23-10-9-19(26-27-23)18-8-7-17(13-22(18)31)20-14-28(4)15-25-20/h7-10,13-16,21,31H,11-12H2,1-6H3. The third-order valence-corrected chi connectivity index (χ3v) is 7.22. The van der Waals surface area contributed by atoms with Crippen molar-refractivity contribution in [3.63, 3.8) is 0 Å². The average molecular weight is 421 g/mol. The van der Waals surface area contributed by atoms with Crippen LogP contribution < -0.4 is 4.90 Å². The van der Waals surface area contributed by atoms with Crippen LogP contribution >= 0.6 is 0 Å². The molecule has 0 saturated carbocycles. The van der Waals surface area contributed by atoms with Crippen molar-refractivity contribution in [2.24, 2.45) is 13.0 Å². The summed E-state index contributed by atoms with van der Waals surface area (Å²) < 4.78 is 1.88. The lowest BCUT2D eigenvalue weighted by Crippen LogP contribution is -2.59. The summed E-state index contributed by atoms with van der Waals surface area (Å²) in [6.45, 7) is 8.00. The normalized spacial score (nSPS) is 21.2. The first-order chi connectivity index (χ1) is 14.7. The van der Waals surface area contributed by atoms with Crippen LogP contribution in [0.2, 0.25) is 0 Å². The van der Waals surface area contributed by atoms with Crippen LogP contribution in [-0.2, 0) is 7.05 Å². The fourth-order valence-corrected chi connectivity index (χ4v) is 4.51. The van der Waals surface area contributed by atoms with Crippen LogP contribution in [0.3, 0.4) is 0 Å². The fraction of sp³-hybridized carbons (Fsp3) is 0.458. The summed E-state index contributed by atoms with van der Waals surface area (Å²) >= 11 is 0. The SMILES string of the molecule is CC1C(N(C)c2ccc(-c3ccc(-c4cn(C)cn4)cc3O)nn2)CCN(C)C1(C)C. The van der Waals surface area contributed by atoms with Crippen LogP contribution in [0.4, 0.5) is 5.82 Å². The van der Waals surface area contributed by atoms with Gasteiger partial charge < -0.3 is 19.5 Å². The van der Waals surface area contributed by atoms with Crippen LogP contribution in [0.1, 0.15) is 27.2 Å². The van der Waals surface area contributed by atoms with Gasteiger partial charge in [0.15, 0.2) is 5.82 Å². The van der Waals surface area contributed by atoms with Gasteiger partial charge in [-0.05, 0) is 57.5 Å². The number of aryl methyl sites for hydroxylation is 1. The van der Waals surface area contributed by atoms with E-state index in [4.69, 9.17) is 0 Å². The molecule has 164 valence electrons. The zero-order chi connectivity index (χ0) is 22.3. The van der Waals surface area contributed by atoms with Gasteiger partial charge in [0, 0.05) is 49.5 Å². The molecule has 1 N–H and O–H groups in total. The molecule has 0 aliphatic carbocycles. The molecule has 1 saturated heterocycles. The number of hydrogen-bond acceptors (Lipinski definition) is 6. The van der Waals surface area contributed by atoms with Gasteiger partial charge in [0.2, 0.25) is 0 Å². The van der Waals surface area contributed by atoms with Crippen LogP contribution in [0.15, 0.2) is 42.9 Å². The lowest BCUT2D eigenvalue weighted by Gasteiger charge is -2.51. The zero-order valence-electron chi connectivity index (χ0n) is 19.2. The average Bonchev–Trinajstić information content (AvgIpc) is 3.19. The smallest absolute Gasteiger partial charge is 0.151 e. The summed E-state index contributed by atoms with van der Waals surface area (Å²) in [5.74, 6) is 1.51. The van der Waals surface area contributed by atoms with Gasteiger partial charge >= 0.3 is 0 Å². The highest BCUT2D eigenvalue weighted by atomic mass is 16.3. The maximum absolute atomic E-state index is 10.6. The summed E-state index contributed by atoms with van der Waals surface area (Å²) in [7, 11) is 6.23. The van der Waals surface area contributed by atoms with Crippen molar-refractivity contribution in [3.8, 4) is 28.3 Å². The van der Waals surface area contributed by atoms with Gasteiger partial charge in [0.05, 0.1) is 17.7 Å². The highest BCUT2D eigenvalue weighted by Crippen LogP contribution is 2.36. The second-order valence-corrected chi connectivity index (χ2v) is 9.26. The van der Waals surface area contributed by atoms with Gasteiger partial charge in [-0.15, -0.1) is 10.2 Å². The minimum Gasteiger partial charge on any atom is -0.507 e. The molecular weight excluding hydrogens is 388 g/mol. The summed E-state index contributed by atoms with van der Waals surface area (Å²) in [6, 6.07) is 9.86. The van der Waals surface area contributed by atoms with E-state index in [-0.39, 0.29) is 11.3 Å². The molecule has 4 rings (SSSR count). The quantitative estimate of drug-likeness (QED) is 0.692. The van der Waals surface area contributed by atoms with E-state index in [1.165, 1.54) is 0 Å². The van der Waals surface area contributed by atoms with Crippen molar-refractivity contribution in [1.29, 1.82) is 0 Å². The number of aromatic nitrogens is 4. The van der Waals surface area contributed by atoms with Gasteiger partial charge in [-0.2, -0.15) is 0 Å². The predicted octanol–water partition coefficient (Wildman–Crippen LogP) is 3.80. The topological polar surface area (TPSA) is 70.3 Å². The molecule has 2 atom stereocenters. The molecule has 0 radical (unpaired) electrons. The van der Waals surface area contributed by atoms with Crippen LogP contribution in [-0.4, -0.2) is 62.0 Å². The number of hydrogen-bond donors (Lipinski definition) is 1. The molecule has 7 heteroatoms. The minimum absolute atomic E-state index is 0.131. The molecule has 1 aliphatic rings. The Bertz CT molecular complexity index is 1060. The molecular formula is C24H32N6O. The van der Waals surface area contributed by atoms with Crippen molar-refractivity contribution in [2.45, 2.75) is 38.8 Å². The number of likely N-dealkylation sites (tertiary alicyclic amines) is 1. The molecule has 31 heavy (non-hydrogen) atoms. The second-order valence-electron chi connectivity index (χ2n) is 9.26. The maximum atomic E-state index is 10.6.